The third kappa shape index (κ3) is 1.90. The Morgan fingerprint density at radius 2 is 2.29 bits per heavy atom. The molecule has 2 rings (SSSR count). The molecule has 0 spiro atoms. The van der Waals surface area contributed by atoms with Crippen LogP contribution in [0.2, 0.25) is 0 Å². The number of hydrogen-bond acceptors (Lipinski definition) is 3. The maximum absolute atomic E-state index is 5.70. The van der Waals surface area contributed by atoms with E-state index in [1.54, 1.807) is 6.20 Å². The molecule has 0 aliphatic heterocycles. The second-order valence-corrected chi connectivity index (χ2v) is 4.02. The summed E-state index contributed by atoms with van der Waals surface area (Å²) in [6, 6.07) is 0.688. The summed E-state index contributed by atoms with van der Waals surface area (Å²) in [6.45, 7) is 0.832. The average molecular weight is 194 g/mol. The Bertz CT molecular complexity index is 299. The van der Waals surface area contributed by atoms with E-state index >= 15 is 0 Å². The number of nitrogens with two attached hydrogens (primary N) is 1. The lowest BCUT2D eigenvalue weighted by molar-refractivity contribution is 0.507. The van der Waals surface area contributed by atoms with Crippen LogP contribution in [-0.2, 0) is 13.6 Å². The predicted octanol–water partition coefficient (Wildman–Crippen LogP) is 1.03. The van der Waals surface area contributed by atoms with E-state index in [4.69, 9.17) is 5.73 Å². The van der Waals surface area contributed by atoms with Gasteiger partial charge in [-0.25, -0.2) is 4.98 Å². The monoisotopic (exact) mass is 194 g/mol. The van der Waals surface area contributed by atoms with E-state index in [1.807, 2.05) is 11.6 Å². The molecular weight excluding hydrogens is 176 g/mol. The van der Waals surface area contributed by atoms with Gasteiger partial charge in [-0.15, -0.1) is 0 Å². The summed E-state index contributed by atoms with van der Waals surface area (Å²) in [4.78, 5) is 4.25. The Labute approximate surface area is 84.5 Å². The highest BCUT2D eigenvalue weighted by Gasteiger charge is 2.14. The topological polar surface area (TPSA) is 55.9 Å². The lowest BCUT2D eigenvalue weighted by Crippen LogP contribution is -2.26. The molecule has 0 atom stereocenters. The van der Waals surface area contributed by atoms with Crippen LogP contribution in [0.3, 0.4) is 0 Å². The summed E-state index contributed by atoms with van der Waals surface area (Å²) in [5, 5.41) is 3.51. The van der Waals surface area contributed by atoms with E-state index in [2.05, 4.69) is 10.3 Å². The van der Waals surface area contributed by atoms with Gasteiger partial charge >= 0.3 is 0 Å². The van der Waals surface area contributed by atoms with E-state index in [1.165, 1.54) is 25.7 Å². The van der Waals surface area contributed by atoms with Crippen molar-refractivity contribution in [2.24, 2.45) is 7.05 Å². The third-order valence-corrected chi connectivity index (χ3v) is 3.02. The molecule has 0 aromatic carbocycles. The first kappa shape index (κ1) is 9.52. The molecule has 1 aromatic heterocycles. The van der Waals surface area contributed by atoms with Crippen molar-refractivity contribution >= 4 is 5.82 Å². The molecule has 78 valence electrons. The highest BCUT2D eigenvalue weighted by Crippen LogP contribution is 2.18. The van der Waals surface area contributed by atoms with Crippen molar-refractivity contribution in [3.8, 4) is 0 Å². The lowest BCUT2D eigenvalue weighted by Gasteiger charge is -2.11. The van der Waals surface area contributed by atoms with Gasteiger partial charge in [0.25, 0.3) is 0 Å². The second-order valence-electron chi connectivity index (χ2n) is 4.02. The Balaban J connectivity index is 1.88. The molecule has 0 bridgehead atoms. The van der Waals surface area contributed by atoms with Gasteiger partial charge in [0.1, 0.15) is 11.6 Å². The van der Waals surface area contributed by atoms with Gasteiger partial charge in [0.05, 0.1) is 12.7 Å². The molecule has 1 heterocycles. The molecule has 1 aromatic rings. The molecule has 1 saturated carbocycles. The van der Waals surface area contributed by atoms with Crippen molar-refractivity contribution in [3.63, 3.8) is 0 Å². The second kappa shape index (κ2) is 4.00. The van der Waals surface area contributed by atoms with Crippen LogP contribution in [0.25, 0.3) is 0 Å². The molecule has 0 amide bonds. The summed E-state index contributed by atoms with van der Waals surface area (Å²) in [5.41, 5.74) is 5.70. The molecular formula is C10H18N4. The Kier molecular flexibility index (Phi) is 2.72. The predicted molar refractivity (Wildman–Crippen MR) is 56.7 cm³/mol. The van der Waals surface area contributed by atoms with Crippen LogP contribution < -0.4 is 11.1 Å². The van der Waals surface area contributed by atoms with Crippen LogP contribution in [0, 0.1) is 0 Å². The van der Waals surface area contributed by atoms with Crippen molar-refractivity contribution in [2.45, 2.75) is 38.3 Å². The molecule has 0 unspecified atom stereocenters. The summed E-state index contributed by atoms with van der Waals surface area (Å²) < 4.78 is 1.93. The largest absolute Gasteiger partial charge is 0.384 e. The van der Waals surface area contributed by atoms with Crippen LogP contribution >= 0.6 is 0 Å². The molecule has 3 N–H and O–H groups in total. The molecule has 1 fully saturated rings. The Morgan fingerprint density at radius 3 is 2.86 bits per heavy atom. The minimum Gasteiger partial charge on any atom is -0.384 e. The SMILES string of the molecule is Cn1c(N)cnc1CNC1CCCC1. The van der Waals surface area contributed by atoms with Gasteiger partial charge in [-0.1, -0.05) is 12.8 Å². The van der Waals surface area contributed by atoms with Gasteiger partial charge in [-0.2, -0.15) is 0 Å². The fourth-order valence-corrected chi connectivity index (χ4v) is 1.99. The maximum Gasteiger partial charge on any atom is 0.124 e. The molecule has 0 saturated heterocycles. The van der Waals surface area contributed by atoms with Crippen molar-refractivity contribution in [3.05, 3.63) is 12.0 Å². The Morgan fingerprint density at radius 1 is 1.57 bits per heavy atom. The number of hydrogen-bond donors (Lipinski definition) is 2. The van der Waals surface area contributed by atoms with Crippen LogP contribution in [0.1, 0.15) is 31.5 Å². The molecule has 1 aliphatic rings. The minimum absolute atomic E-state index is 0.688. The minimum atomic E-state index is 0.688. The highest BCUT2D eigenvalue weighted by atomic mass is 15.1. The van der Waals surface area contributed by atoms with Gasteiger partial charge < -0.3 is 15.6 Å². The zero-order valence-corrected chi connectivity index (χ0v) is 8.66. The number of nitrogen functional groups attached to an aromatic ring is 1. The van der Waals surface area contributed by atoms with Crippen LogP contribution in [0.4, 0.5) is 5.82 Å². The van der Waals surface area contributed by atoms with Crippen molar-refractivity contribution in [2.75, 3.05) is 5.73 Å². The molecule has 4 nitrogen and oxygen atoms in total. The van der Waals surface area contributed by atoms with Crippen molar-refractivity contribution in [1.82, 2.24) is 14.9 Å². The Hall–Kier alpha value is -1.03. The van der Waals surface area contributed by atoms with Crippen LogP contribution in [-0.4, -0.2) is 15.6 Å². The van der Waals surface area contributed by atoms with Crippen LogP contribution in [0.15, 0.2) is 6.20 Å². The van der Waals surface area contributed by atoms with E-state index < -0.39 is 0 Å². The first-order valence-electron chi connectivity index (χ1n) is 5.27. The maximum atomic E-state index is 5.70. The standard InChI is InChI=1S/C10H18N4/c1-14-9(11)6-13-10(14)7-12-8-4-2-3-5-8/h6,8,12H,2-5,7,11H2,1H3. The highest BCUT2D eigenvalue weighted by molar-refractivity contribution is 5.27. The van der Waals surface area contributed by atoms with Gasteiger partial charge in [-0.05, 0) is 12.8 Å². The first-order chi connectivity index (χ1) is 6.77. The molecule has 0 radical (unpaired) electrons. The number of rotatable bonds is 3. The van der Waals surface area contributed by atoms with Gasteiger partial charge in [0.2, 0.25) is 0 Å². The zero-order chi connectivity index (χ0) is 9.97. The number of nitrogens with one attached hydrogen (secondary N) is 1. The fourth-order valence-electron chi connectivity index (χ4n) is 1.99. The lowest BCUT2D eigenvalue weighted by atomic mass is 10.2. The first-order valence-corrected chi connectivity index (χ1v) is 5.27. The average Bonchev–Trinajstić information content (AvgIpc) is 2.77. The summed E-state index contributed by atoms with van der Waals surface area (Å²) in [5.74, 6) is 1.75. The summed E-state index contributed by atoms with van der Waals surface area (Å²) in [6.07, 6.45) is 7.05. The van der Waals surface area contributed by atoms with Gasteiger partial charge in [-0.3, -0.25) is 0 Å². The molecule has 1 aliphatic carbocycles. The number of anilines is 1. The molecule has 4 heteroatoms. The normalized spacial score (nSPS) is 17.8. The molecule has 14 heavy (non-hydrogen) atoms. The van der Waals surface area contributed by atoms with E-state index in [9.17, 15) is 0 Å². The van der Waals surface area contributed by atoms with Gasteiger partial charge in [0.15, 0.2) is 0 Å². The van der Waals surface area contributed by atoms with Crippen molar-refractivity contribution < 1.29 is 0 Å². The van der Waals surface area contributed by atoms with E-state index in [0.29, 0.717) is 6.04 Å². The fraction of sp³-hybridized carbons (Fsp3) is 0.700. The number of imidazole rings is 1. The van der Waals surface area contributed by atoms with Gasteiger partial charge in [0, 0.05) is 13.1 Å². The van der Waals surface area contributed by atoms with Crippen LogP contribution in [0.5, 0.6) is 0 Å². The third-order valence-electron chi connectivity index (χ3n) is 3.02. The quantitative estimate of drug-likeness (QED) is 0.755. The smallest absolute Gasteiger partial charge is 0.124 e. The summed E-state index contributed by atoms with van der Waals surface area (Å²) in [7, 11) is 1.95. The number of aromatic nitrogens is 2. The zero-order valence-electron chi connectivity index (χ0n) is 8.66. The van der Waals surface area contributed by atoms with Crippen molar-refractivity contribution in [1.29, 1.82) is 0 Å². The van der Waals surface area contributed by atoms with E-state index in [0.717, 1.165) is 18.2 Å². The summed E-state index contributed by atoms with van der Waals surface area (Å²) >= 11 is 0. The number of nitrogens with zero attached hydrogens (tertiary/aromatic N) is 2. The van der Waals surface area contributed by atoms with E-state index in [-0.39, 0.29) is 0 Å².